The molecule has 164 valence electrons. The van der Waals surface area contributed by atoms with Crippen molar-refractivity contribution in [2.45, 2.75) is 66.0 Å². The van der Waals surface area contributed by atoms with Crippen molar-refractivity contribution >= 4 is 11.7 Å². The van der Waals surface area contributed by atoms with Gasteiger partial charge in [-0.05, 0) is 51.4 Å². The molecule has 3 rings (SSSR count). The fourth-order valence-electron chi connectivity index (χ4n) is 5.84. The van der Waals surface area contributed by atoms with Gasteiger partial charge in [-0.15, -0.1) is 0 Å². The van der Waals surface area contributed by atoms with Gasteiger partial charge in [0.15, 0.2) is 5.78 Å². The number of Topliss-reactive ketones (excluding diaryl/α,β-unsaturated/α-hetero) is 1. The molecule has 0 radical (unpaired) electrons. The molecule has 2 aliphatic carbocycles. The first kappa shape index (κ1) is 22.5. The molecule has 1 saturated heterocycles. The fourth-order valence-corrected chi connectivity index (χ4v) is 5.84. The Hall–Kier alpha value is -2.14. The Morgan fingerprint density at radius 3 is 2.60 bits per heavy atom. The highest BCUT2D eigenvalue weighted by Gasteiger charge is 2.54. The summed E-state index contributed by atoms with van der Waals surface area (Å²) in [4.78, 5) is 25.6. The summed E-state index contributed by atoms with van der Waals surface area (Å²) in [7, 11) is 0. The van der Waals surface area contributed by atoms with Crippen LogP contribution in [-0.4, -0.2) is 34.0 Å². The van der Waals surface area contributed by atoms with Crippen LogP contribution in [0.4, 0.5) is 0 Å². The molecule has 0 unspecified atom stereocenters. The van der Waals surface area contributed by atoms with E-state index in [2.05, 4.69) is 31.3 Å². The van der Waals surface area contributed by atoms with Gasteiger partial charge in [0.25, 0.3) is 5.91 Å². The van der Waals surface area contributed by atoms with E-state index in [4.69, 9.17) is 0 Å². The van der Waals surface area contributed by atoms with E-state index in [9.17, 15) is 19.8 Å². The predicted molar refractivity (Wildman–Crippen MR) is 118 cm³/mol. The number of aliphatic hydroxyl groups is 2. The molecule has 0 spiro atoms. The van der Waals surface area contributed by atoms with Crippen molar-refractivity contribution in [2.75, 3.05) is 0 Å². The maximum absolute atomic E-state index is 12.9. The van der Waals surface area contributed by atoms with E-state index in [0.29, 0.717) is 11.8 Å². The number of nitrogens with one attached hydrogen (secondary N) is 1. The highest BCUT2D eigenvalue weighted by molar-refractivity contribution is 6.27. The van der Waals surface area contributed by atoms with Crippen molar-refractivity contribution in [1.29, 1.82) is 0 Å². The minimum Gasteiger partial charge on any atom is -0.511 e. The van der Waals surface area contributed by atoms with Crippen LogP contribution in [-0.2, 0) is 9.59 Å². The molecule has 0 bridgehead atoms. The van der Waals surface area contributed by atoms with E-state index >= 15 is 0 Å². The summed E-state index contributed by atoms with van der Waals surface area (Å²) in [5, 5.41) is 24.0. The molecular weight excluding hydrogens is 378 g/mol. The molecule has 1 heterocycles. The number of carbonyl (C=O) groups excluding carboxylic acids is 2. The van der Waals surface area contributed by atoms with Gasteiger partial charge < -0.3 is 15.5 Å². The van der Waals surface area contributed by atoms with Crippen molar-refractivity contribution in [2.24, 2.45) is 29.1 Å². The Morgan fingerprint density at radius 1 is 1.30 bits per heavy atom. The summed E-state index contributed by atoms with van der Waals surface area (Å²) in [5.41, 5.74) is 0.205. The molecule has 0 aromatic carbocycles. The molecule has 3 N–H and O–H groups in total. The summed E-state index contributed by atoms with van der Waals surface area (Å²) >= 11 is 0. The van der Waals surface area contributed by atoms with E-state index in [1.807, 2.05) is 32.1 Å². The van der Waals surface area contributed by atoms with Crippen LogP contribution in [0.25, 0.3) is 0 Å². The van der Waals surface area contributed by atoms with Crippen LogP contribution in [0.2, 0.25) is 0 Å². The number of fused-ring (bicyclic) bond motifs is 1. The summed E-state index contributed by atoms with van der Waals surface area (Å²) in [6.07, 6.45) is 12.3. The number of allylic oxidation sites excluding steroid dienone is 7. The van der Waals surface area contributed by atoms with Gasteiger partial charge in [-0.3, -0.25) is 9.59 Å². The van der Waals surface area contributed by atoms with Crippen molar-refractivity contribution in [3.05, 3.63) is 47.3 Å². The number of hydrogen-bond acceptors (Lipinski definition) is 4. The van der Waals surface area contributed by atoms with Crippen molar-refractivity contribution in [3.8, 4) is 0 Å². The summed E-state index contributed by atoms with van der Waals surface area (Å²) in [5.74, 6) is -0.300. The fraction of sp³-hybridized carbons (Fsp3) is 0.600. The normalized spacial score (nSPS) is 39.8. The van der Waals surface area contributed by atoms with Crippen LogP contribution in [0.15, 0.2) is 47.3 Å². The smallest absolute Gasteiger partial charge is 0.259 e. The van der Waals surface area contributed by atoms with Gasteiger partial charge in [0.2, 0.25) is 0 Å². The van der Waals surface area contributed by atoms with Crippen LogP contribution in [0.5, 0.6) is 0 Å². The second-order valence-electron chi connectivity index (χ2n) is 9.55. The minimum atomic E-state index is -1.01. The predicted octanol–water partition coefficient (Wildman–Crippen LogP) is 4.01. The molecule has 1 amide bonds. The van der Waals surface area contributed by atoms with E-state index in [0.717, 1.165) is 24.8 Å². The quantitative estimate of drug-likeness (QED) is 0.214. The van der Waals surface area contributed by atoms with Crippen molar-refractivity contribution in [1.82, 2.24) is 5.32 Å². The zero-order chi connectivity index (χ0) is 22.2. The molecule has 2 fully saturated rings. The maximum atomic E-state index is 12.9. The van der Waals surface area contributed by atoms with Crippen molar-refractivity contribution in [3.63, 3.8) is 0 Å². The zero-order valence-electron chi connectivity index (χ0n) is 18.7. The first-order valence-corrected chi connectivity index (χ1v) is 11.1. The molecule has 1 aliphatic heterocycles. The van der Waals surface area contributed by atoms with Gasteiger partial charge in [-0.1, -0.05) is 56.2 Å². The van der Waals surface area contributed by atoms with E-state index in [-0.39, 0.29) is 23.2 Å². The first-order chi connectivity index (χ1) is 14.1. The monoisotopic (exact) mass is 413 g/mol. The van der Waals surface area contributed by atoms with E-state index < -0.39 is 29.3 Å². The molecule has 5 nitrogen and oxygen atoms in total. The molecule has 0 aromatic rings. The van der Waals surface area contributed by atoms with E-state index in [1.165, 1.54) is 6.92 Å². The number of ketones is 1. The number of carbonyl (C=O) groups is 2. The van der Waals surface area contributed by atoms with E-state index in [1.54, 1.807) is 0 Å². The standard InChI is InChI=1S/C25H35NO4/c1-6-7-8-9-18-15(3)13-17-12-14(2)10-11-19(17)25(18,5)23(29)20-22(28)21(16(4)27)26-24(20)30/h6-9,13-14,16-19,21,27,29H,10-12H2,1-5H3,(H,26,30)/b7-6+,9-8+,23-20+/t14-,16-,17-,18-,19-,21-,25+/m1/s1. The van der Waals surface area contributed by atoms with Crippen LogP contribution in [0, 0.1) is 29.1 Å². The Labute approximate surface area is 179 Å². The molecule has 7 atom stereocenters. The summed E-state index contributed by atoms with van der Waals surface area (Å²) in [6, 6.07) is -1.00. The molecule has 30 heavy (non-hydrogen) atoms. The Morgan fingerprint density at radius 2 is 2.00 bits per heavy atom. The second-order valence-corrected chi connectivity index (χ2v) is 9.55. The van der Waals surface area contributed by atoms with Gasteiger partial charge in [0.05, 0.1) is 6.10 Å². The number of amides is 1. The van der Waals surface area contributed by atoms with Gasteiger partial charge >= 0.3 is 0 Å². The average Bonchev–Trinajstić information content (AvgIpc) is 2.97. The second kappa shape index (κ2) is 8.54. The molecule has 1 saturated carbocycles. The highest BCUT2D eigenvalue weighted by Crippen LogP contribution is 2.57. The lowest BCUT2D eigenvalue weighted by molar-refractivity contribution is -0.118. The third-order valence-electron chi connectivity index (χ3n) is 7.42. The minimum absolute atomic E-state index is 0.123. The Kier molecular flexibility index (Phi) is 6.42. The van der Waals surface area contributed by atoms with Gasteiger partial charge in [0, 0.05) is 11.3 Å². The third-order valence-corrected chi connectivity index (χ3v) is 7.42. The topological polar surface area (TPSA) is 86.6 Å². The lowest BCUT2D eigenvalue weighted by Gasteiger charge is -2.52. The van der Waals surface area contributed by atoms with Gasteiger partial charge in [-0.2, -0.15) is 0 Å². The molecular formula is C25H35NO4. The first-order valence-electron chi connectivity index (χ1n) is 11.1. The van der Waals surface area contributed by atoms with Crippen molar-refractivity contribution < 1.29 is 19.8 Å². The lowest BCUT2D eigenvalue weighted by atomic mass is 9.52. The van der Waals surface area contributed by atoms with Gasteiger partial charge in [0.1, 0.15) is 17.4 Å². The lowest BCUT2D eigenvalue weighted by Crippen LogP contribution is -2.46. The third kappa shape index (κ3) is 3.68. The summed E-state index contributed by atoms with van der Waals surface area (Å²) in [6.45, 7) is 9.75. The van der Waals surface area contributed by atoms with Crippen LogP contribution in [0.3, 0.4) is 0 Å². The van der Waals surface area contributed by atoms with Crippen LogP contribution < -0.4 is 5.32 Å². The zero-order valence-corrected chi connectivity index (χ0v) is 18.7. The Bertz CT molecular complexity index is 834. The molecule has 0 aromatic heterocycles. The number of hydrogen-bond donors (Lipinski definition) is 3. The number of aliphatic hydroxyl groups excluding tert-OH is 2. The maximum Gasteiger partial charge on any atom is 0.259 e. The van der Waals surface area contributed by atoms with Crippen LogP contribution in [0.1, 0.15) is 53.9 Å². The number of rotatable bonds is 4. The SMILES string of the molecule is C/C=C/C=C/[C@@H]1C(C)=C[C@H]2C[C@H](C)CC[C@H]2[C@@]1(C)/C(O)=C1\C(=O)N[C@H]([C@@H](C)O)C1=O. The average molecular weight is 414 g/mol. The highest BCUT2D eigenvalue weighted by atomic mass is 16.3. The largest absolute Gasteiger partial charge is 0.511 e. The van der Waals surface area contributed by atoms with Gasteiger partial charge in [-0.25, -0.2) is 0 Å². The molecule has 5 heteroatoms. The molecule has 3 aliphatic rings. The van der Waals surface area contributed by atoms with Crippen LogP contribution >= 0.6 is 0 Å². The Balaban J connectivity index is 2.16. The summed E-state index contributed by atoms with van der Waals surface area (Å²) < 4.78 is 0.